The lowest BCUT2D eigenvalue weighted by Crippen LogP contribution is -2.15. The third-order valence-electron chi connectivity index (χ3n) is 12.6. The van der Waals surface area contributed by atoms with Crippen molar-refractivity contribution in [3.8, 4) is 90.3 Å². The number of fused-ring (bicyclic) bond motifs is 6. The monoisotopic (exact) mass is 821 g/mol. The van der Waals surface area contributed by atoms with Crippen LogP contribution >= 0.6 is 0 Å². The standard InChI is InChI=1S/C58H39N5O/c1-58(2)48-25-11-9-23-44(48)45-29-27-42(33-49(45)58)57-62-54(37-17-7-4-8-18-37)61-56(63-57)41-22-14-20-39(32-41)38-19-13-21-40(31-38)51-35-50(36-15-5-3-6-16-36)59-55(60-51)43-28-30-47-46-24-10-12-26-52(46)64-53(47)34-43/h3-35H,1-2H3. The van der Waals surface area contributed by atoms with Gasteiger partial charge in [-0.2, -0.15) is 0 Å². The number of benzene rings is 8. The molecule has 0 saturated heterocycles. The van der Waals surface area contributed by atoms with Crippen molar-refractivity contribution < 1.29 is 4.42 Å². The topological polar surface area (TPSA) is 77.6 Å². The van der Waals surface area contributed by atoms with Crippen LogP contribution in [0.2, 0.25) is 0 Å². The maximum atomic E-state index is 6.28. The van der Waals surface area contributed by atoms with Crippen LogP contribution < -0.4 is 0 Å². The number of rotatable bonds is 7. The quantitative estimate of drug-likeness (QED) is 0.159. The summed E-state index contributed by atoms with van der Waals surface area (Å²) in [5, 5.41) is 2.16. The lowest BCUT2D eigenvalue weighted by atomic mass is 9.82. The Morgan fingerprint density at radius 1 is 0.312 bits per heavy atom. The van der Waals surface area contributed by atoms with Gasteiger partial charge in [0.15, 0.2) is 23.3 Å². The molecule has 3 heterocycles. The Hall–Kier alpha value is -8.35. The first kappa shape index (κ1) is 37.4. The minimum atomic E-state index is -0.150. The molecule has 12 rings (SSSR count). The van der Waals surface area contributed by atoms with Crippen LogP contribution in [0.25, 0.3) is 112 Å². The van der Waals surface area contributed by atoms with Gasteiger partial charge >= 0.3 is 0 Å². The average molecular weight is 822 g/mol. The highest BCUT2D eigenvalue weighted by Gasteiger charge is 2.35. The van der Waals surface area contributed by atoms with Crippen molar-refractivity contribution in [1.82, 2.24) is 24.9 Å². The summed E-state index contributed by atoms with van der Waals surface area (Å²) in [6.45, 7) is 4.59. The fraction of sp³-hybridized carbons (Fsp3) is 0.0517. The van der Waals surface area contributed by atoms with Crippen molar-refractivity contribution in [1.29, 1.82) is 0 Å². The van der Waals surface area contributed by atoms with Crippen LogP contribution in [0.15, 0.2) is 205 Å². The van der Waals surface area contributed by atoms with Crippen LogP contribution in [0.1, 0.15) is 25.0 Å². The molecule has 0 spiro atoms. The van der Waals surface area contributed by atoms with Crippen molar-refractivity contribution in [2.24, 2.45) is 0 Å². The first-order chi connectivity index (χ1) is 31.4. The summed E-state index contributed by atoms with van der Waals surface area (Å²) in [4.78, 5) is 25.7. The molecule has 0 amide bonds. The van der Waals surface area contributed by atoms with Crippen LogP contribution in [-0.4, -0.2) is 24.9 Å². The fourth-order valence-corrected chi connectivity index (χ4v) is 9.24. The molecule has 1 aliphatic carbocycles. The molecule has 0 saturated carbocycles. The Morgan fingerprint density at radius 2 is 0.812 bits per heavy atom. The van der Waals surface area contributed by atoms with Gasteiger partial charge in [0.25, 0.3) is 0 Å². The fourth-order valence-electron chi connectivity index (χ4n) is 9.24. The van der Waals surface area contributed by atoms with Crippen LogP contribution in [0.5, 0.6) is 0 Å². The minimum absolute atomic E-state index is 0.150. The summed E-state index contributed by atoms with van der Waals surface area (Å²) in [6, 6.07) is 69.1. The second kappa shape index (κ2) is 14.9. The van der Waals surface area contributed by atoms with Crippen molar-refractivity contribution in [2.45, 2.75) is 19.3 Å². The predicted octanol–water partition coefficient (Wildman–Crippen LogP) is 14.5. The maximum absolute atomic E-state index is 6.28. The number of para-hydroxylation sites is 1. The summed E-state index contributed by atoms with van der Waals surface area (Å²) >= 11 is 0. The first-order valence-corrected chi connectivity index (χ1v) is 21.6. The summed E-state index contributed by atoms with van der Waals surface area (Å²) in [6.07, 6.45) is 0. The van der Waals surface area contributed by atoms with Gasteiger partial charge in [-0.1, -0.05) is 172 Å². The lowest BCUT2D eigenvalue weighted by molar-refractivity contribution is 0.660. The lowest BCUT2D eigenvalue weighted by Gasteiger charge is -2.21. The smallest absolute Gasteiger partial charge is 0.164 e. The molecule has 6 nitrogen and oxygen atoms in total. The van der Waals surface area contributed by atoms with Gasteiger partial charge in [-0.3, -0.25) is 0 Å². The number of hydrogen-bond donors (Lipinski definition) is 0. The molecular formula is C58H39N5O. The molecule has 0 aliphatic heterocycles. The molecule has 0 unspecified atom stereocenters. The van der Waals surface area contributed by atoms with E-state index in [4.69, 9.17) is 29.3 Å². The number of aromatic nitrogens is 5. The minimum Gasteiger partial charge on any atom is -0.456 e. The summed E-state index contributed by atoms with van der Waals surface area (Å²) in [5.74, 6) is 2.50. The number of nitrogens with zero attached hydrogens (tertiary/aromatic N) is 5. The molecular weight excluding hydrogens is 783 g/mol. The maximum Gasteiger partial charge on any atom is 0.164 e. The van der Waals surface area contributed by atoms with E-state index in [1.54, 1.807) is 0 Å². The Balaban J connectivity index is 0.939. The Bertz CT molecular complexity index is 3590. The molecule has 6 heteroatoms. The summed E-state index contributed by atoms with van der Waals surface area (Å²) in [5.41, 5.74) is 16.1. The predicted molar refractivity (Wildman–Crippen MR) is 258 cm³/mol. The van der Waals surface area contributed by atoms with Gasteiger partial charge in [-0.05, 0) is 75.8 Å². The van der Waals surface area contributed by atoms with Crippen molar-refractivity contribution in [3.05, 3.63) is 211 Å². The third kappa shape index (κ3) is 6.47. The SMILES string of the molecule is CC1(C)c2ccccc2-c2ccc(-c3nc(-c4ccccc4)nc(-c4cccc(-c5cccc(-c6cc(-c7ccccc7)nc(-c7ccc8c(c7)oc7ccccc78)n6)c5)c4)n3)cc21. The zero-order valence-corrected chi connectivity index (χ0v) is 35.2. The highest BCUT2D eigenvalue weighted by Crippen LogP contribution is 2.49. The molecule has 1 aliphatic rings. The number of hydrogen-bond acceptors (Lipinski definition) is 6. The van der Waals surface area contributed by atoms with Gasteiger partial charge in [0.2, 0.25) is 0 Å². The van der Waals surface area contributed by atoms with Crippen LogP contribution in [0, 0.1) is 0 Å². The van der Waals surface area contributed by atoms with Crippen LogP contribution in [0.4, 0.5) is 0 Å². The second-order valence-electron chi connectivity index (χ2n) is 16.9. The van der Waals surface area contributed by atoms with Crippen LogP contribution in [-0.2, 0) is 5.41 Å². The highest BCUT2D eigenvalue weighted by molar-refractivity contribution is 6.05. The van der Waals surface area contributed by atoms with E-state index < -0.39 is 0 Å². The van der Waals surface area contributed by atoms with Gasteiger partial charge < -0.3 is 4.42 Å². The summed E-state index contributed by atoms with van der Waals surface area (Å²) < 4.78 is 6.28. The van der Waals surface area contributed by atoms with E-state index in [1.807, 2.05) is 72.8 Å². The average Bonchev–Trinajstić information content (AvgIpc) is 3.85. The van der Waals surface area contributed by atoms with Crippen molar-refractivity contribution >= 4 is 21.9 Å². The first-order valence-electron chi connectivity index (χ1n) is 21.6. The molecule has 0 N–H and O–H groups in total. The summed E-state index contributed by atoms with van der Waals surface area (Å²) in [7, 11) is 0. The van der Waals surface area contributed by atoms with E-state index in [9.17, 15) is 0 Å². The van der Waals surface area contributed by atoms with Gasteiger partial charge in [-0.25, -0.2) is 24.9 Å². The zero-order valence-electron chi connectivity index (χ0n) is 35.2. The van der Waals surface area contributed by atoms with E-state index in [2.05, 4.69) is 141 Å². The molecule has 0 bridgehead atoms. The molecule has 302 valence electrons. The van der Waals surface area contributed by atoms with E-state index in [0.29, 0.717) is 23.3 Å². The van der Waals surface area contributed by atoms with Crippen molar-refractivity contribution in [2.75, 3.05) is 0 Å². The van der Waals surface area contributed by atoms with E-state index >= 15 is 0 Å². The van der Waals surface area contributed by atoms with E-state index in [-0.39, 0.29) is 5.41 Å². The molecule has 11 aromatic rings. The Labute approximate surface area is 370 Å². The third-order valence-corrected chi connectivity index (χ3v) is 12.6. The normalized spacial score (nSPS) is 12.7. The van der Waals surface area contributed by atoms with Gasteiger partial charge in [0.05, 0.1) is 11.4 Å². The Kier molecular flexibility index (Phi) is 8.73. The molecule has 3 aromatic heterocycles. The largest absolute Gasteiger partial charge is 0.456 e. The zero-order chi connectivity index (χ0) is 42.8. The second-order valence-corrected chi connectivity index (χ2v) is 16.9. The molecule has 0 atom stereocenters. The van der Waals surface area contributed by atoms with Gasteiger partial charge in [0.1, 0.15) is 11.2 Å². The highest BCUT2D eigenvalue weighted by atomic mass is 16.3. The van der Waals surface area contributed by atoms with Gasteiger partial charge in [-0.15, -0.1) is 0 Å². The molecule has 0 fully saturated rings. The molecule has 0 radical (unpaired) electrons. The molecule has 8 aromatic carbocycles. The van der Waals surface area contributed by atoms with E-state index in [1.165, 1.54) is 22.3 Å². The number of furan rings is 1. The van der Waals surface area contributed by atoms with Gasteiger partial charge in [0, 0.05) is 49.6 Å². The molecule has 64 heavy (non-hydrogen) atoms. The van der Waals surface area contributed by atoms with Crippen LogP contribution in [0.3, 0.4) is 0 Å². The Morgan fingerprint density at radius 3 is 1.58 bits per heavy atom. The van der Waals surface area contributed by atoms with Crippen molar-refractivity contribution in [3.63, 3.8) is 0 Å². The van der Waals surface area contributed by atoms with E-state index in [0.717, 1.165) is 77.8 Å².